The standard InChI is InChI=1S/C23H24ClN3O/c1-2-16-8-5-6-9-19(16)25-23(28)21-20-10-4-3-7-15-27(20)22(26-21)17-11-13-18(24)14-12-17/h5-6,8-9,11-14H,2-4,7,10,15H2,1H3,(H,25,28). The Balaban J connectivity index is 1.74. The molecule has 0 saturated carbocycles. The smallest absolute Gasteiger partial charge is 0.276 e. The van der Waals surface area contributed by atoms with Crippen LogP contribution in [0.1, 0.15) is 47.9 Å². The van der Waals surface area contributed by atoms with Gasteiger partial charge in [-0.15, -0.1) is 0 Å². The minimum Gasteiger partial charge on any atom is -0.327 e. The fourth-order valence-electron chi connectivity index (χ4n) is 3.85. The van der Waals surface area contributed by atoms with Crippen LogP contribution in [-0.4, -0.2) is 15.5 Å². The molecule has 0 spiro atoms. The number of para-hydroxylation sites is 1. The Labute approximate surface area is 170 Å². The molecule has 4 rings (SSSR count). The zero-order valence-corrected chi connectivity index (χ0v) is 16.8. The average molecular weight is 394 g/mol. The Hall–Kier alpha value is -2.59. The predicted octanol–water partition coefficient (Wildman–Crippen LogP) is 5.74. The van der Waals surface area contributed by atoms with Crippen LogP contribution >= 0.6 is 11.6 Å². The van der Waals surface area contributed by atoms with E-state index in [-0.39, 0.29) is 5.91 Å². The summed E-state index contributed by atoms with van der Waals surface area (Å²) in [6.07, 6.45) is 5.09. The minimum atomic E-state index is -0.133. The van der Waals surface area contributed by atoms with Crippen LogP contribution in [0.3, 0.4) is 0 Å². The van der Waals surface area contributed by atoms with Crippen LogP contribution in [0.5, 0.6) is 0 Å². The highest BCUT2D eigenvalue weighted by atomic mass is 35.5. The third-order valence-corrected chi connectivity index (χ3v) is 5.58. The van der Waals surface area contributed by atoms with E-state index < -0.39 is 0 Å². The van der Waals surface area contributed by atoms with E-state index in [0.717, 1.165) is 60.6 Å². The van der Waals surface area contributed by atoms with E-state index >= 15 is 0 Å². The van der Waals surface area contributed by atoms with Crippen molar-refractivity contribution in [3.63, 3.8) is 0 Å². The van der Waals surface area contributed by atoms with Gasteiger partial charge >= 0.3 is 0 Å². The summed E-state index contributed by atoms with van der Waals surface area (Å²) < 4.78 is 2.22. The van der Waals surface area contributed by atoms with Gasteiger partial charge in [-0.3, -0.25) is 4.79 Å². The van der Waals surface area contributed by atoms with E-state index in [0.29, 0.717) is 10.7 Å². The van der Waals surface area contributed by atoms with Gasteiger partial charge in [0.1, 0.15) is 11.5 Å². The molecule has 0 atom stereocenters. The molecule has 2 aromatic carbocycles. The first-order valence-electron chi connectivity index (χ1n) is 9.92. The van der Waals surface area contributed by atoms with Crippen molar-refractivity contribution in [1.29, 1.82) is 0 Å². The van der Waals surface area contributed by atoms with Crippen LogP contribution in [0.4, 0.5) is 5.69 Å². The first-order chi connectivity index (χ1) is 13.7. The quantitative estimate of drug-likeness (QED) is 0.613. The number of halogens is 1. The molecule has 2 heterocycles. The lowest BCUT2D eigenvalue weighted by Crippen LogP contribution is -2.16. The summed E-state index contributed by atoms with van der Waals surface area (Å²) >= 11 is 6.05. The topological polar surface area (TPSA) is 46.9 Å². The molecule has 5 heteroatoms. The molecule has 1 aromatic heterocycles. The number of nitrogens with zero attached hydrogens (tertiary/aromatic N) is 2. The highest BCUT2D eigenvalue weighted by molar-refractivity contribution is 6.30. The van der Waals surface area contributed by atoms with Crippen LogP contribution in [0.15, 0.2) is 48.5 Å². The molecule has 0 saturated heterocycles. The number of carbonyl (C=O) groups is 1. The van der Waals surface area contributed by atoms with Crippen molar-refractivity contribution < 1.29 is 4.79 Å². The first kappa shape index (κ1) is 18.8. The molecule has 3 aromatic rings. The number of hydrogen-bond donors (Lipinski definition) is 1. The second-order valence-electron chi connectivity index (χ2n) is 7.16. The van der Waals surface area contributed by atoms with Gasteiger partial charge in [0.2, 0.25) is 0 Å². The fourth-order valence-corrected chi connectivity index (χ4v) is 3.98. The predicted molar refractivity (Wildman–Crippen MR) is 114 cm³/mol. The maximum atomic E-state index is 13.2. The van der Waals surface area contributed by atoms with Crippen LogP contribution in [-0.2, 0) is 19.4 Å². The lowest BCUT2D eigenvalue weighted by molar-refractivity contribution is 0.102. The molecule has 144 valence electrons. The van der Waals surface area contributed by atoms with Crippen LogP contribution < -0.4 is 5.32 Å². The number of rotatable bonds is 4. The number of anilines is 1. The number of aromatic nitrogens is 2. The van der Waals surface area contributed by atoms with Gasteiger partial charge < -0.3 is 9.88 Å². The lowest BCUT2D eigenvalue weighted by atomic mass is 10.1. The SMILES string of the molecule is CCc1ccccc1NC(=O)c1nc(-c2ccc(Cl)cc2)n2c1CCCCC2. The third-order valence-electron chi connectivity index (χ3n) is 5.33. The Morgan fingerprint density at radius 2 is 1.89 bits per heavy atom. The summed E-state index contributed by atoms with van der Waals surface area (Å²) in [5.41, 5.74) is 4.55. The Morgan fingerprint density at radius 3 is 2.68 bits per heavy atom. The number of nitrogens with one attached hydrogen (secondary N) is 1. The number of amides is 1. The van der Waals surface area contributed by atoms with Gasteiger partial charge in [-0.1, -0.05) is 43.1 Å². The molecule has 1 N–H and O–H groups in total. The van der Waals surface area contributed by atoms with Gasteiger partial charge in [0.05, 0.1) is 5.69 Å². The third kappa shape index (κ3) is 3.69. The van der Waals surface area contributed by atoms with E-state index in [2.05, 4.69) is 16.8 Å². The number of benzene rings is 2. The summed E-state index contributed by atoms with van der Waals surface area (Å²) in [6.45, 7) is 2.98. The highest BCUT2D eigenvalue weighted by Gasteiger charge is 2.24. The molecule has 0 radical (unpaired) electrons. The Bertz CT molecular complexity index is 992. The average Bonchev–Trinajstić information content (AvgIpc) is 2.90. The van der Waals surface area contributed by atoms with Gasteiger partial charge in [-0.05, 0) is 61.6 Å². The van der Waals surface area contributed by atoms with E-state index in [1.807, 2.05) is 48.5 Å². The van der Waals surface area contributed by atoms with Crippen molar-refractivity contribution in [3.05, 3.63) is 70.5 Å². The van der Waals surface area contributed by atoms with Crippen LogP contribution in [0.2, 0.25) is 5.02 Å². The number of aryl methyl sites for hydroxylation is 1. The van der Waals surface area contributed by atoms with Gasteiger partial charge in [-0.2, -0.15) is 0 Å². The molecule has 28 heavy (non-hydrogen) atoms. The summed E-state index contributed by atoms with van der Waals surface area (Å²) in [4.78, 5) is 17.9. The van der Waals surface area contributed by atoms with Crippen molar-refractivity contribution >= 4 is 23.2 Å². The second-order valence-corrected chi connectivity index (χ2v) is 7.60. The molecule has 1 aliphatic rings. The van der Waals surface area contributed by atoms with E-state index in [4.69, 9.17) is 16.6 Å². The highest BCUT2D eigenvalue weighted by Crippen LogP contribution is 2.29. The molecule has 4 nitrogen and oxygen atoms in total. The maximum absolute atomic E-state index is 13.2. The van der Waals surface area contributed by atoms with Gasteiger partial charge in [-0.25, -0.2) is 4.98 Å². The van der Waals surface area contributed by atoms with E-state index in [1.54, 1.807) is 0 Å². The number of carbonyl (C=O) groups excluding carboxylic acids is 1. The number of imidazole rings is 1. The fraction of sp³-hybridized carbons (Fsp3) is 0.304. The summed E-state index contributed by atoms with van der Waals surface area (Å²) in [5, 5.41) is 3.78. The van der Waals surface area contributed by atoms with Crippen molar-refractivity contribution in [2.24, 2.45) is 0 Å². The Morgan fingerprint density at radius 1 is 1.11 bits per heavy atom. The monoisotopic (exact) mass is 393 g/mol. The van der Waals surface area contributed by atoms with Gasteiger partial charge in [0, 0.05) is 22.8 Å². The molecule has 1 amide bonds. The maximum Gasteiger partial charge on any atom is 0.276 e. The van der Waals surface area contributed by atoms with E-state index in [9.17, 15) is 4.79 Å². The second kappa shape index (κ2) is 8.19. The van der Waals surface area contributed by atoms with E-state index in [1.165, 1.54) is 6.42 Å². The van der Waals surface area contributed by atoms with Gasteiger partial charge in [0.25, 0.3) is 5.91 Å². The lowest BCUT2D eigenvalue weighted by Gasteiger charge is -2.10. The molecule has 1 aliphatic heterocycles. The van der Waals surface area contributed by atoms with Crippen molar-refractivity contribution in [2.75, 3.05) is 5.32 Å². The van der Waals surface area contributed by atoms with Crippen molar-refractivity contribution in [2.45, 2.75) is 45.6 Å². The molecular weight excluding hydrogens is 370 g/mol. The summed E-state index contributed by atoms with van der Waals surface area (Å²) in [6, 6.07) is 15.6. The summed E-state index contributed by atoms with van der Waals surface area (Å²) in [7, 11) is 0. The zero-order valence-electron chi connectivity index (χ0n) is 16.0. The molecule has 0 bridgehead atoms. The number of fused-ring (bicyclic) bond motifs is 1. The van der Waals surface area contributed by atoms with Crippen molar-refractivity contribution in [3.8, 4) is 11.4 Å². The van der Waals surface area contributed by atoms with Crippen molar-refractivity contribution in [1.82, 2.24) is 9.55 Å². The minimum absolute atomic E-state index is 0.133. The molecule has 0 unspecified atom stereocenters. The normalized spacial score (nSPS) is 13.6. The van der Waals surface area contributed by atoms with Crippen LogP contribution in [0, 0.1) is 0 Å². The molecule has 0 fully saturated rings. The zero-order chi connectivity index (χ0) is 19.5. The Kier molecular flexibility index (Phi) is 5.49. The number of hydrogen-bond acceptors (Lipinski definition) is 2. The first-order valence-corrected chi connectivity index (χ1v) is 10.3. The molecular formula is C23H24ClN3O. The summed E-state index contributed by atoms with van der Waals surface area (Å²) in [5.74, 6) is 0.717. The van der Waals surface area contributed by atoms with Gasteiger partial charge in [0.15, 0.2) is 0 Å². The largest absolute Gasteiger partial charge is 0.327 e. The van der Waals surface area contributed by atoms with Crippen LogP contribution in [0.25, 0.3) is 11.4 Å². The molecule has 0 aliphatic carbocycles.